The second-order valence-electron chi connectivity index (χ2n) is 4.41. The van der Waals surface area contributed by atoms with E-state index in [4.69, 9.17) is 4.74 Å². The van der Waals surface area contributed by atoms with Crippen LogP contribution in [0, 0.1) is 5.41 Å². The summed E-state index contributed by atoms with van der Waals surface area (Å²) in [7, 11) is 0. The molecule has 1 rings (SSSR count). The molecule has 0 spiro atoms. The highest BCUT2D eigenvalue weighted by Crippen LogP contribution is 2.32. The molecular weight excluding hydrogens is 178 g/mol. The minimum atomic E-state index is -0.237. The fraction of sp³-hybridized carbons (Fsp3) is 0.909. The van der Waals surface area contributed by atoms with Crippen LogP contribution in [-0.2, 0) is 9.53 Å². The predicted octanol–water partition coefficient (Wildman–Crippen LogP) is 1.72. The van der Waals surface area contributed by atoms with Gasteiger partial charge in [-0.05, 0) is 33.2 Å². The van der Waals surface area contributed by atoms with E-state index < -0.39 is 0 Å². The van der Waals surface area contributed by atoms with Crippen LogP contribution in [0.25, 0.3) is 0 Å². The van der Waals surface area contributed by atoms with Gasteiger partial charge in [-0.1, -0.05) is 13.3 Å². The Balaban J connectivity index is 2.62. The Kier molecular flexibility index (Phi) is 3.93. The molecule has 1 atom stereocenters. The highest BCUT2D eigenvalue weighted by atomic mass is 16.5. The first-order valence-electron chi connectivity index (χ1n) is 5.52. The van der Waals surface area contributed by atoms with E-state index in [1.165, 1.54) is 0 Å². The summed E-state index contributed by atoms with van der Waals surface area (Å²) in [5.41, 5.74) is -0.237. The molecule has 0 aromatic heterocycles. The lowest BCUT2D eigenvalue weighted by Crippen LogP contribution is -2.36. The van der Waals surface area contributed by atoms with Gasteiger partial charge in [-0.3, -0.25) is 4.79 Å². The van der Waals surface area contributed by atoms with E-state index in [0.717, 1.165) is 32.4 Å². The molecule has 1 heterocycles. The van der Waals surface area contributed by atoms with Crippen molar-refractivity contribution in [3.05, 3.63) is 0 Å². The molecule has 0 saturated carbocycles. The van der Waals surface area contributed by atoms with E-state index in [1.54, 1.807) is 0 Å². The first kappa shape index (κ1) is 11.5. The molecule has 3 nitrogen and oxygen atoms in total. The maximum atomic E-state index is 11.9. The fourth-order valence-corrected chi connectivity index (χ4v) is 2.05. The van der Waals surface area contributed by atoms with Crippen LogP contribution >= 0.6 is 0 Å². The van der Waals surface area contributed by atoms with Crippen molar-refractivity contribution in [3.63, 3.8) is 0 Å². The van der Waals surface area contributed by atoms with Crippen molar-refractivity contribution in [3.8, 4) is 0 Å². The van der Waals surface area contributed by atoms with Crippen molar-refractivity contribution in [1.82, 2.24) is 5.32 Å². The van der Waals surface area contributed by atoms with E-state index in [1.807, 2.05) is 13.8 Å². The summed E-state index contributed by atoms with van der Waals surface area (Å²) in [6.45, 7) is 7.64. The van der Waals surface area contributed by atoms with Gasteiger partial charge >= 0.3 is 5.97 Å². The summed E-state index contributed by atoms with van der Waals surface area (Å²) in [5, 5.41) is 3.25. The van der Waals surface area contributed by atoms with Gasteiger partial charge in [-0.25, -0.2) is 0 Å². The largest absolute Gasteiger partial charge is 0.463 e. The molecule has 1 aliphatic heterocycles. The summed E-state index contributed by atoms with van der Waals surface area (Å²) >= 11 is 0. The van der Waals surface area contributed by atoms with Gasteiger partial charge in [0.25, 0.3) is 0 Å². The molecule has 1 fully saturated rings. The van der Waals surface area contributed by atoms with E-state index in [0.29, 0.717) is 0 Å². The molecule has 1 aliphatic rings. The molecule has 82 valence electrons. The van der Waals surface area contributed by atoms with Crippen LogP contribution in [0.2, 0.25) is 0 Å². The monoisotopic (exact) mass is 199 g/mol. The van der Waals surface area contributed by atoms with Crippen LogP contribution < -0.4 is 5.32 Å². The topological polar surface area (TPSA) is 38.3 Å². The third-order valence-corrected chi connectivity index (χ3v) is 2.75. The molecule has 14 heavy (non-hydrogen) atoms. The normalized spacial score (nSPS) is 26.9. The summed E-state index contributed by atoms with van der Waals surface area (Å²) < 4.78 is 5.31. The highest BCUT2D eigenvalue weighted by molar-refractivity contribution is 5.77. The highest BCUT2D eigenvalue weighted by Gasteiger charge is 2.41. The lowest BCUT2D eigenvalue weighted by Gasteiger charge is -2.26. The quantitative estimate of drug-likeness (QED) is 0.701. The molecule has 1 unspecified atom stereocenters. The third kappa shape index (κ3) is 2.47. The van der Waals surface area contributed by atoms with Gasteiger partial charge in [0.1, 0.15) is 0 Å². The predicted molar refractivity (Wildman–Crippen MR) is 56.1 cm³/mol. The number of hydrogen-bond acceptors (Lipinski definition) is 3. The molecule has 0 bridgehead atoms. The van der Waals surface area contributed by atoms with Gasteiger partial charge in [0.15, 0.2) is 0 Å². The van der Waals surface area contributed by atoms with Crippen molar-refractivity contribution >= 4 is 5.97 Å². The Labute approximate surface area is 86.2 Å². The minimum Gasteiger partial charge on any atom is -0.463 e. The molecule has 0 aliphatic carbocycles. The number of carbonyl (C=O) groups is 1. The smallest absolute Gasteiger partial charge is 0.313 e. The SMILES string of the molecule is CCCC1(C(=O)OC(C)C)CCNC1. The molecule has 0 radical (unpaired) electrons. The van der Waals surface area contributed by atoms with Crippen LogP contribution in [0.1, 0.15) is 40.0 Å². The Morgan fingerprint density at radius 2 is 2.29 bits per heavy atom. The second-order valence-corrected chi connectivity index (χ2v) is 4.41. The van der Waals surface area contributed by atoms with Crippen LogP contribution in [0.4, 0.5) is 0 Å². The van der Waals surface area contributed by atoms with Crippen LogP contribution in [-0.4, -0.2) is 25.2 Å². The number of rotatable bonds is 4. The van der Waals surface area contributed by atoms with Gasteiger partial charge in [0, 0.05) is 6.54 Å². The molecule has 0 aromatic carbocycles. The Morgan fingerprint density at radius 3 is 2.71 bits per heavy atom. The van der Waals surface area contributed by atoms with Crippen molar-refractivity contribution in [2.45, 2.75) is 46.1 Å². The molecule has 1 saturated heterocycles. The maximum absolute atomic E-state index is 11.9. The molecule has 0 aromatic rings. The first-order valence-corrected chi connectivity index (χ1v) is 5.52. The standard InChI is InChI=1S/C11H21NO2/c1-4-5-11(6-7-12-8-11)10(13)14-9(2)3/h9,12H,4-8H2,1-3H3. The summed E-state index contributed by atoms with van der Waals surface area (Å²) in [4.78, 5) is 11.9. The van der Waals surface area contributed by atoms with Crippen molar-refractivity contribution in [1.29, 1.82) is 0 Å². The van der Waals surface area contributed by atoms with Gasteiger partial charge in [-0.2, -0.15) is 0 Å². The number of carbonyl (C=O) groups excluding carboxylic acids is 1. The van der Waals surface area contributed by atoms with Crippen molar-refractivity contribution in [2.75, 3.05) is 13.1 Å². The average molecular weight is 199 g/mol. The third-order valence-electron chi connectivity index (χ3n) is 2.75. The summed E-state index contributed by atoms with van der Waals surface area (Å²) in [6.07, 6.45) is 2.89. The van der Waals surface area contributed by atoms with Crippen LogP contribution in [0.15, 0.2) is 0 Å². The van der Waals surface area contributed by atoms with Crippen LogP contribution in [0.3, 0.4) is 0 Å². The summed E-state index contributed by atoms with van der Waals surface area (Å²) in [6, 6.07) is 0. The number of nitrogens with one attached hydrogen (secondary N) is 1. The Bertz CT molecular complexity index is 195. The van der Waals surface area contributed by atoms with Gasteiger partial charge in [0.05, 0.1) is 11.5 Å². The lowest BCUT2D eigenvalue weighted by atomic mass is 9.82. The van der Waals surface area contributed by atoms with E-state index in [9.17, 15) is 4.79 Å². The van der Waals surface area contributed by atoms with E-state index >= 15 is 0 Å². The fourth-order valence-electron chi connectivity index (χ4n) is 2.05. The zero-order chi connectivity index (χ0) is 10.6. The van der Waals surface area contributed by atoms with Crippen molar-refractivity contribution < 1.29 is 9.53 Å². The Hall–Kier alpha value is -0.570. The summed E-state index contributed by atoms with van der Waals surface area (Å²) in [5.74, 6) is -0.0145. The van der Waals surface area contributed by atoms with Crippen molar-refractivity contribution in [2.24, 2.45) is 5.41 Å². The zero-order valence-electron chi connectivity index (χ0n) is 9.43. The van der Waals surface area contributed by atoms with E-state index in [2.05, 4.69) is 12.2 Å². The molecule has 3 heteroatoms. The van der Waals surface area contributed by atoms with E-state index in [-0.39, 0.29) is 17.5 Å². The lowest BCUT2D eigenvalue weighted by molar-refractivity contribution is -0.159. The number of ether oxygens (including phenoxy) is 1. The second kappa shape index (κ2) is 4.78. The zero-order valence-corrected chi connectivity index (χ0v) is 9.43. The average Bonchev–Trinajstić information content (AvgIpc) is 2.53. The van der Waals surface area contributed by atoms with Crippen LogP contribution in [0.5, 0.6) is 0 Å². The first-order chi connectivity index (χ1) is 6.60. The molecular formula is C11H21NO2. The van der Waals surface area contributed by atoms with Gasteiger partial charge in [-0.15, -0.1) is 0 Å². The molecule has 1 N–H and O–H groups in total. The number of esters is 1. The minimum absolute atomic E-state index is 0.00293. The molecule has 0 amide bonds. The maximum Gasteiger partial charge on any atom is 0.313 e. The number of hydrogen-bond donors (Lipinski definition) is 1. The Morgan fingerprint density at radius 1 is 1.57 bits per heavy atom. The van der Waals surface area contributed by atoms with Gasteiger partial charge < -0.3 is 10.1 Å². The van der Waals surface area contributed by atoms with Gasteiger partial charge in [0.2, 0.25) is 0 Å².